The molecule has 4 aromatic rings. The molecule has 2 aliphatic rings. The van der Waals surface area contributed by atoms with E-state index >= 15 is 0 Å². The van der Waals surface area contributed by atoms with Crippen molar-refractivity contribution in [1.82, 2.24) is 0 Å². The van der Waals surface area contributed by atoms with Gasteiger partial charge in [0.2, 0.25) is 0 Å². The van der Waals surface area contributed by atoms with Gasteiger partial charge >= 0.3 is 0 Å². The van der Waals surface area contributed by atoms with E-state index in [1.807, 2.05) is 121 Å². The van der Waals surface area contributed by atoms with Crippen molar-refractivity contribution in [3.05, 3.63) is 132 Å². The van der Waals surface area contributed by atoms with E-state index < -0.39 is 6.89 Å². The zero-order valence-electron chi connectivity index (χ0n) is 19.2. The summed E-state index contributed by atoms with van der Waals surface area (Å²) >= 11 is 0. The third-order valence-electron chi connectivity index (χ3n) is 6.50. The lowest BCUT2D eigenvalue weighted by molar-refractivity contribution is 0.476. The highest BCUT2D eigenvalue weighted by Gasteiger charge is 2.36. The van der Waals surface area contributed by atoms with E-state index in [1.54, 1.807) is 0 Å². The third kappa shape index (κ3) is 3.21. The van der Waals surface area contributed by atoms with Crippen LogP contribution in [-0.4, -0.2) is 5.29 Å². The standard InChI is InChI=1S/C31H20N3OP/c32-21-26-19-23(34-28-15-7-9-17-30(28)35-31-18-10-8-16-29(31)34)20-27(22-33)36(26,24-11-3-1-4-12-24)25-13-5-2-6-14-25/h1-20H. The first kappa shape index (κ1) is 21.8. The van der Waals surface area contributed by atoms with Gasteiger partial charge in [-0.3, -0.25) is 0 Å². The fourth-order valence-electron chi connectivity index (χ4n) is 4.98. The Bertz CT molecular complexity index is 1600. The summed E-state index contributed by atoms with van der Waals surface area (Å²) in [5.74, 6) is 1.44. The van der Waals surface area contributed by atoms with E-state index in [2.05, 4.69) is 17.0 Å². The monoisotopic (exact) mass is 481 g/mol. The van der Waals surface area contributed by atoms with E-state index in [9.17, 15) is 10.5 Å². The van der Waals surface area contributed by atoms with Crippen molar-refractivity contribution in [2.75, 3.05) is 4.90 Å². The molecule has 0 saturated carbocycles. The number of nitriles is 2. The van der Waals surface area contributed by atoms with E-state index in [0.29, 0.717) is 10.6 Å². The zero-order valence-corrected chi connectivity index (χ0v) is 20.1. The second-order valence-corrected chi connectivity index (χ2v) is 11.8. The summed E-state index contributed by atoms with van der Waals surface area (Å²) in [6.45, 7) is -2.65. The van der Waals surface area contributed by atoms with Crippen molar-refractivity contribution >= 4 is 34.2 Å². The van der Waals surface area contributed by atoms with Gasteiger partial charge in [-0.2, -0.15) is 10.5 Å². The Morgan fingerprint density at radius 2 is 1.08 bits per heavy atom. The molecule has 2 aliphatic heterocycles. The molecule has 0 unspecified atom stereocenters. The van der Waals surface area contributed by atoms with Crippen LogP contribution in [0.25, 0.3) is 0 Å². The normalized spacial score (nSPS) is 15.3. The first-order valence-electron chi connectivity index (χ1n) is 11.6. The van der Waals surface area contributed by atoms with Crippen molar-refractivity contribution in [2.24, 2.45) is 0 Å². The summed E-state index contributed by atoms with van der Waals surface area (Å²) in [6.07, 6.45) is 3.90. The Morgan fingerprint density at radius 3 is 1.58 bits per heavy atom. The highest BCUT2D eigenvalue weighted by molar-refractivity contribution is 7.93. The number of nitrogens with zero attached hydrogens (tertiary/aromatic N) is 3. The molecular formula is C31H20N3OP. The van der Waals surface area contributed by atoms with Crippen molar-refractivity contribution in [2.45, 2.75) is 0 Å². The van der Waals surface area contributed by atoms with E-state index in [-0.39, 0.29) is 0 Å². The van der Waals surface area contributed by atoms with Crippen LogP contribution in [-0.2, 0) is 0 Å². The molecule has 0 saturated heterocycles. The summed E-state index contributed by atoms with van der Waals surface area (Å²) < 4.78 is 6.16. The Hall–Kier alpha value is -4.76. The van der Waals surface area contributed by atoms with Crippen LogP contribution in [0.15, 0.2) is 132 Å². The minimum absolute atomic E-state index is 0.593. The maximum absolute atomic E-state index is 10.6. The van der Waals surface area contributed by atoms with Gasteiger partial charge in [-0.1, -0.05) is 84.9 Å². The topological polar surface area (TPSA) is 60.1 Å². The fraction of sp³-hybridized carbons (Fsp3) is 0. The molecule has 36 heavy (non-hydrogen) atoms. The van der Waals surface area contributed by atoms with Gasteiger partial charge in [0, 0.05) is 12.6 Å². The number of anilines is 2. The Morgan fingerprint density at radius 1 is 0.583 bits per heavy atom. The minimum Gasteiger partial charge on any atom is -0.453 e. The predicted molar refractivity (Wildman–Crippen MR) is 147 cm³/mol. The van der Waals surface area contributed by atoms with Crippen molar-refractivity contribution in [3.63, 3.8) is 0 Å². The largest absolute Gasteiger partial charge is 0.453 e. The average molecular weight is 481 g/mol. The third-order valence-corrected chi connectivity index (χ3v) is 10.5. The van der Waals surface area contributed by atoms with Crippen LogP contribution >= 0.6 is 6.89 Å². The van der Waals surface area contributed by atoms with Gasteiger partial charge in [0.15, 0.2) is 11.5 Å². The van der Waals surface area contributed by atoms with Crippen LogP contribution in [0.4, 0.5) is 11.4 Å². The number of benzene rings is 4. The lowest BCUT2D eigenvalue weighted by atomic mass is 10.1. The molecule has 0 atom stereocenters. The molecule has 170 valence electrons. The van der Waals surface area contributed by atoms with Gasteiger partial charge < -0.3 is 9.64 Å². The molecule has 0 aliphatic carbocycles. The van der Waals surface area contributed by atoms with Crippen LogP contribution < -0.4 is 20.2 Å². The number of rotatable bonds is 3. The van der Waals surface area contributed by atoms with E-state index in [1.165, 1.54) is 0 Å². The molecule has 0 radical (unpaired) electrons. The lowest BCUT2D eigenvalue weighted by Gasteiger charge is -2.37. The van der Waals surface area contributed by atoms with Gasteiger partial charge in [0.25, 0.3) is 0 Å². The molecule has 0 N–H and O–H groups in total. The highest BCUT2D eigenvalue weighted by Crippen LogP contribution is 2.58. The minimum atomic E-state index is -2.65. The molecular weight excluding hydrogens is 461 g/mol. The molecule has 0 fully saturated rings. The second kappa shape index (κ2) is 8.79. The van der Waals surface area contributed by atoms with Crippen molar-refractivity contribution in [1.29, 1.82) is 10.5 Å². The fourth-order valence-corrected chi connectivity index (χ4v) is 8.84. The molecule has 0 amide bonds. The molecule has 6 rings (SSSR count). The molecule has 0 spiro atoms. The maximum Gasteiger partial charge on any atom is 0.151 e. The van der Waals surface area contributed by atoms with Crippen LogP contribution in [0, 0.1) is 22.7 Å². The number of fused-ring (bicyclic) bond motifs is 2. The quantitative estimate of drug-likeness (QED) is 0.309. The highest BCUT2D eigenvalue weighted by atomic mass is 31.2. The van der Waals surface area contributed by atoms with Crippen molar-refractivity contribution < 1.29 is 4.74 Å². The zero-order chi connectivity index (χ0) is 24.5. The Labute approximate surface area is 210 Å². The van der Waals surface area contributed by atoms with Gasteiger partial charge in [0.1, 0.15) is 12.1 Å². The molecule has 0 bridgehead atoms. The number of hydrogen-bond acceptors (Lipinski definition) is 4. The Balaban J connectivity index is 1.70. The van der Waals surface area contributed by atoms with Crippen LogP contribution in [0.5, 0.6) is 11.5 Å². The lowest BCUT2D eigenvalue weighted by Crippen LogP contribution is -2.27. The van der Waals surface area contributed by atoms with Gasteiger partial charge in [0.05, 0.1) is 22.0 Å². The van der Waals surface area contributed by atoms with E-state index in [4.69, 9.17) is 4.74 Å². The number of para-hydroxylation sites is 4. The summed E-state index contributed by atoms with van der Waals surface area (Å²) in [6, 6.07) is 40.6. The average Bonchev–Trinajstić information content (AvgIpc) is 2.96. The van der Waals surface area contributed by atoms with Crippen LogP contribution in [0.1, 0.15) is 0 Å². The van der Waals surface area contributed by atoms with Crippen LogP contribution in [0.2, 0.25) is 0 Å². The van der Waals surface area contributed by atoms with Gasteiger partial charge in [-0.25, -0.2) is 0 Å². The molecule has 5 heteroatoms. The maximum atomic E-state index is 10.6. The summed E-state index contributed by atoms with van der Waals surface area (Å²) in [4.78, 5) is 2.08. The van der Waals surface area contributed by atoms with Gasteiger partial charge in [-0.15, -0.1) is 0 Å². The molecule has 0 aromatic heterocycles. The van der Waals surface area contributed by atoms with E-state index in [0.717, 1.165) is 39.2 Å². The smallest absolute Gasteiger partial charge is 0.151 e. The first-order valence-corrected chi connectivity index (χ1v) is 13.3. The summed E-state index contributed by atoms with van der Waals surface area (Å²) in [5.41, 5.74) is 2.48. The molecule has 2 heterocycles. The van der Waals surface area contributed by atoms with Crippen LogP contribution in [0.3, 0.4) is 0 Å². The summed E-state index contributed by atoms with van der Waals surface area (Å²) in [7, 11) is 0. The predicted octanol–water partition coefficient (Wildman–Crippen LogP) is 6.60. The first-order chi connectivity index (χ1) is 17.8. The molecule has 4 nitrogen and oxygen atoms in total. The summed E-state index contributed by atoms with van der Waals surface area (Å²) in [5, 5.41) is 24.3. The number of ether oxygens (including phenoxy) is 1. The Kier molecular flexibility index (Phi) is 5.31. The van der Waals surface area contributed by atoms with Gasteiger partial charge in [-0.05, 0) is 47.0 Å². The van der Waals surface area contributed by atoms with Crippen molar-refractivity contribution in [3.8, 4) is 23.6 Å². The second-order valence-electron chi connectivity index (χ2n) is 8.42. The molecule has 4 aromatic carbocycles. The number of allylic oxidation sites excluding steroid dienone is 3. The SMILES string of the molecule is N#CC1=CC(N2c3ccccc3Oc3ccccc32)=CC(C#N)=P1(c1ccccc1)c1ccccc1. The number of hydrogen-bond donors (Lipinski definition) is 0.